The third-order valence-corrected chi connectivity index (χ3v) is 4.01. The van der Waals surface area contributed by atoms with Gasteiger partial charge in [-0.15, -0.1) is 10.2 Å². The van der Waals surface area contributed by atoms with Crippen LogP contribution in [0, 0.1) is 0 Å². The molecule has 0 aliphatic carbocycles. The fourth-order valence-electron chi connectivity index (χ4n) is 2.50. The highest BCUT2D eigenvalue weighted by Gasteiger charge is 2.12. The Morgan fingerprint density at radius 1 is 1.12 bits per heavy atom. The minimum Gasteiger partial charge on any atom is -0.345 e. The van der Waals surface area contributed by atoms with Crippen LogP contribution in [-0.2, 0) is 16.8 Å². The average Bonchev–Trinajstić information content (AvgIpc) is 3.01. The molecule has 5 nitrogen and oxygen atoms in total. The second-order valence-electron chi connectivity index (χ2n) is 6.97. The van der Waals surface area contributed by atoms with Crippen molar-refractivity contribution < 1.29 is 4.79 Å². The van der Waals surface area contributed by atoms with Crippen LogP contribution in [0.4, 0.5) is 0 Å². The van der Waals surface area contributed by atoms with Crippen molar-refractivity contribution in [1.29, 1.82) is 0 Å². The van der Waals surface area contributed by atoms with Gasteiger partial charge in [-0.3, -0.25) is 9.20 Å². The first-order valence-electron chi connectivity index (χ1n) is 8.28. The lowest BCUT2D eigenvalue weighted by molar-refractivity contribution is -0.116. The summed E-state index contributed by atoms with van der Waals surface area (Å²) < 4.78 is 1.86. The quantitative estimate of drug-likeness (QED) is 0.744. The topological polar surface area (TPSA) is 59.3 Å². The molecule has 3 aromatic rings. The van der Waals surface area contributed by atoms with Crippen LogP contribution in [0.2, 0.25) is 0 Å². The first kappa shape index (κ1) is 16.9. The van der Waals surface area contributed by atoms with Gasteiger partial charge in [0.1, 0.15) is 0 Å². The van der Waals surface area contributed by atoms with Crippen molar-refractivity contribution in [2.24, 2.45) is 0 Å². The zero-order valence-electron chi connectivity index (χ0n) is 14.7. The lowest BCUT2D eigenvalue weighted by Gasteiger charge is -2.18. The molecule has 2 aromatic heterocycles. The minimum absolute atomic E-state index is 0.126. The third-order valence-electron chi connectivity index (χ3n) is 4.01. The number of carbonyl (C=O) groups is 1. The van der Waals surface area contributed by atoms with E-state index in [9.17, 15) is 4.79 Å². The number of nitrogens with one attached hydrogen (secondary N) is 1. The highest BCUT2D eigenvalue weighted by Crippen LogP contribution is 2.22. The van der Waals surface area contributed by atoms with Crippen LogP contribution in [0.15, 0.2) is 54.7 Å². The summed E-state index contributed by atoms with van der Waals surface area (Å²) >= 11 is 0. The second-order valence-corrected chi connectivity index (χ2v) is 6.97. The smallest absolute Gasteiger partial charge is 0.244 e. The molecule has 128 valence electrons. The van der Waals surface area contributed by atoms with Gasteiger partial charge in [-0.1, -0.05) is 51.1 Å². The van der Waals surface area contributed by atoms with Gasteiger partial charge in [-0.2, -0.15) is 0 Å². The summed E-state index contributed by atoms with van der Waals surface area (Å²) in [5.41, 5.74) is 3.16. The number of carbonyl (C=O) groups excluding carboxylic acids is 1. The van der Waals surface area contributed by atoms with Crippen molar-refractivity contribution in [3.05, 3.63) is 71.7 Å². The Morgan fingerprint density at radius 3 is 2.60 bits per heavy atom. The van der Waals surface area contributed by atoms with E-state index in [0.29, 0.717) is 12.4 Å². The molecule has 0 fully saturated rings. The van der Waals surface area contributed by atoms with E-state index in [1.807, 2.05) is 47.0 Å². The van der Waals surface area contributed by atoms with Gasteiger partial charge in [-0.25, -0.2) is 0 Å². The van der Waals surface area contributed by atoms with E-state index < -0.39 is 0 Å². The summed E-state index contributed by atoms with van der Waals surface area (Å²) in [5.74, 6) is 0.541. The van der Waals surface area contributed by atoms with E-state index >= 15 is 0 Å². The van der Waals surface area contributed by atoms with Crippen LogP contribution in [0.25, 0.3) is 11.7 Å². The first-order valence-corrected chi connectivity index (χ1v) is 8.28. The Morgan fingerprint density at radius 2 is 1.88 bits per heavy atom. The summed E-state index contributed by atoms with van der Waals surface area (Å²) in [6.45, 7) is 6.87. The molecule has 0 saturated heterocycles. The maximum Gasteiger partial charge on any atom is 0.244 e. The number of amides is 1. The summed E-state index contributed by atoms with van der Waals surface area (Å²) in [7, 11) is 0. The number of hydrogen-bond acceptors (Lipinski definition) is 3. The predicted octanol–water partition coefficient (Wildman–Crippen LogP) is 3.36. The van der Waals surface area contributed by atoms with E-state index in [1.165, 1.54) is 11.6 Å². The van der Waals surface area contributed by atoms with Gasteiger partial charge in [-0.05, 0) is 34.8 Å². The lowest BCUT2D eigenvalue weighted by Crippen LogP contribution is -2.21. The van der Waals surface area contributed by atoms with E-state index in [2.05, 4.69) is 48.4 Å². The van der Waals surface area contributed by atoms with Gasteiger partial charge in [0.2, 0.25) is 5.91 Å². The summed E-state index contributed by atoms with van der Waals surface area (Å²) in [6, 6.07) is 13.9. The van der Waals surface area contributed by atoms with Crippen LogP contribution in [0.5, 0.6) is 0 Å². The molecule has 1 aromatic carbocycles. The molecule has 0 radical (unpaired) electrons. The van der Waals surface area contributed by atoms with Crippen LogP contribution in [0.3, 0.4) is 0 Å². The molecule has 0 saturated carbocycles. The first-order chi connectivity index (χ1) is 11.9. The van der Waals surface area contributed by atoms with Gasteiger partial charge in [0.05, 0.1) is 6.54 Å². The predicted molar refractivity (Wildman–Crippen MR) is 99.0 cm³/mol. The SMILES string of the molecule is CC(C)(C)c1ccc(C=CC(=O)NCc2nnc3ccccn23)cc1. The van der Waals surface area contributed by atoms with Crippen LogP contribution >= 0.6 is 0 Å². The molecule has 1 N–H and O–H groups in total. The number of hydrogen-bond donors (Lipinski definition) is 1. The summed E-state index contributed by atoms with van der Waals surface area (Å²) in [6.07, 6.45) is 5.22. The fraction of sp³-hybridized carbons (Fsp3) is 0.250. The van der Waals surface area contributed by atoms with Gasteiger partial charge in [0, 0.05) is 12.3 Å². The van der Waals surface area contributed by atoms with Gasteiger partial charge < -0.3 is 5.32 Å². The van der Waals surface area contributed by atoms with E-state index in [4.69, 9.17) is 0 Å². The number of pyridine rings is 1. The van der Waals surface area contributed by atoms with Crippen molar-refractivity contribution in [2.75, 3.05) is 0 Å². The molecule has 0 bridgehead atoms. The molecule has 5 heteroatoms. The molecule has 3 rings (SSSR count). The van der Waals surface area contributed by atoms with E-state index in [0.717, 1.165) is 11.2 Å². The van der Waals surface area contributed by atoms with Crippen molar-refractivity contribution >= 4 is 17.6 Å². The number of nitrogens with zero attached hydrogens (tertiary/aromatic N) is 3. The Balaban J connectivity index is 1.59. The fourth-order valence-corrected chi connectivity index (χ4v) is 2.50. The van der Waals surface area contributed by atoms with Crippen LogP contribution in [-0.4, -0.2) is 20.5 Å². The molecule has 1 amide bonds. The molecule has 2 heterocycles. The van der Waals surface area contributed by atoms with Crippen molar-refractivity contribution in [2.45, 2.75) is 32.7 Å². The molecule has 0 unspecified atom stereocenters. The molecular formula is C20H22N4O. The molecule has 25 heavy (non-hydrogen) atoms. The van der Waals surface area contributed by atoms with Gasteiger partial charge in [0.15, 0.2) is 11.5 Å². The average molecular weight is 334 g/mol. The number of benzene rings is 1. The summed E-state index contributed by atoms with van der Waals surface area (Å²) in [5, 5.41) is 11.0. The Hall–Kier alpha value is -2.95. The molecule has 0 aliphatic rings. The van der Waals surface area contributed by atoms with E-state index in [1.54, 1.807) is 0 Å². The highest BCUT2D eigenvalue weighted by molar-refractivity contribution is 5.91. The Bertz CT molecular complexity index is 901. The standard InChI is InChI=1S/C20H22N4O/c1-20(2,3)16-10-7-15(8-11-16)9-12-19(25)21-14-18-23-22-17-6-4-5-13-24(17)18/h4-13H,14H2,1-3H3,(H,21,25). The maximum atomic E-state index is 12.0. The molecular weight excluding hydrogens is 312 g/mol. The van der Waals surface area contributed by atoms with Crippen molar-refractivity contribution in [3.8, 4) is 0 Å². The van der Waals surface area contributed by atoms with Crippen molar-refractivity contribution in [3.63, 3.8) is 0 Å². The number of fused-ring (bicyclic) bond motifs is 1. The summed E-state index contributed by atoms with van der Waals surface area (Å²) in [4.78, 5) is 12.0. The number of aromatic nitrogens is 3. The van der Waals surface area contributed by atoms with E-state index in [-0.39, 0.29) is 11.3 Å². The largest absolute Gasteiger partial charge is 0.345 e. The third kappa shape index (κ3) is 4.12. The van der Waals surface area contributed by atoms with Crippen molar-refractivity contribution in [1.82, 2.24) is 19.9 Å². The van der Waals surface area contributed by atoms with Gasteiger partial charge >= 0.3 is 0 Å². The lowest BCUT2D eigenvalue weighted by atomic mass is 9.87. The maximum absolute atomic E-state index is 12.0. The molecule has 0 atom stereocenters. The highest BCUT2D eigenvalue weighted by atomic mass is 16.1. The Labute approximate surface area is 147 Å². The molecule has 0 spiro atoms. The van der Waals surface area contributed by atoms with Crippen LogP contribution < -0.4 is 5.32 Å². The number of rotatable bonds is 4. The zero-order valence-corrected chi connectivity index (χ0v) is 14.7. The normalized spacial score (nSPS) is 12.0. The monoisotopic (exact) mass is 334 g/mol. The van der Waals surface area contributed by atoms with Gasteiger partial charge in [0.25, 0.3) is 0 Å². The molecule has 0 aliphatic heterocycles. The zero-order chi connectivity index (χ0) is 17.9. The second kappa shape index (κ2) is 6.89. The van der Waals surface area contributed by atoms with Crippen LogP contribution in [0.1, 0.15) is 37.7 Å². The minimum atomic E-state index is -0.160. The Kier molecular flexibility index (Phi) is 4.65.